The van der Waals surface area contributed by atoms with Gasteiger partial charge in [0, 0.05) is 19.2 Å². The normalized spacial score (nSPS) is 20.4. The van der Waals surface area contributed by atoms with Gasteiger partial charge < -0.3 is 19.9 Å². The van der Waals surface area contributed by atoms with Crippen molar-refractivity contribution in [3.8, 4) is 0 Å². The van der Waals surface area contributed by atoms with Gasteiger partial charge in [0.2, 0.25) is 5.91 Å². The van der Waals surface area contributed by atoms with Gasteiger partial charge in [-0.3, -0.25) is 4.79 Å². The molecule has 1 aliphatic rings. The third-order valence-electron chi connectivity index (χ3n) is 3.28. The molecule has 6 nitrogen and oxygen atoms in total. The number of carbonyl (C=O) groups excluding carboxylic acids is 1. The Kier molecular flexibility index (Phi) is 4.93. The van der Waals surface area contributed by atoms with Crippen LogP contribution in [0.15, 0.2) is 10.6 Å². The number of anilines is 1. The van der Waals surface area contributed by atoms with E-state index in [1.165, 1.54) is 0 Å². The highest BCUT2D eigenvalue weighted by Crippen LogP contribution is 2.12. The molecule has 2 unspecified atom stereocenters. The molecule has 2 rings (SSSR count). The summed E-state index contributed by atoms with van der Waals surface area (Å²) in [5.41, 5.74) is 0. The zero-order valence-electron chi connectivity index (χ0n) is 11.4. The highest BCUT2D eigenvalue weighted by atomic mass is 16.5. The van der Waals surface area contributed by atoms with Crippen LogP contribution in [0.1, 0.15) is 25.5 Å². The fourth-order valence-corrected chi connectivity index (χ4v) is 2.11. The topological polar surface area (TPSA) is 76.4 Å². The largest absolute Gasteiger partial charge is 0.381 e. The minimum absolute atomic E-state index is 0.0743. The molecule has 1 aliphatic heterocycles. The Labute approximate surface area is 112 Å². The van der Waals surface area contributed by atoms with E-state index in [0.717, 1.165) is 32.6 Å². The van der Waals surface area contributed by atoms with Crippen LogP contribution >= 0.6 is 0 Å². The number of aryl methyl sites for hydroxylation is 1. The number of amides is 1. The van der Waals surface area contributed by atoms with E-state index in [1.807, 2.05) is 6.92 Å². The Hall–Kier alpha value is -1.40. The predicted octanol–water partition coefficient (Wildman–Crippen LogP) is 1.33. The number of nitrogens with one attached hydrogen (secondary N) is 2. The highest BCUT2D eigenvalue weighted by Gasteiger charge is 2.21. The van der Waals surface area contributed by atoms with Crippen molar-refractivity contribution in [2.24, 2.45) is 5.92 Å². The molecule has 0 spiro atoms. The van der Waals surface area contributed by atoms with Gasteiger partial charge in [0.15, 0.2) is 5.82 Å². The van der Waals surface area contributed by atoms with Gasteiger partial charge in [0.1, 0.15) is 5.76 Å². The quantitative estimate of drug-likeness (QED) is 0.813. The van der Waals surface area contributed by atoms with Crippen molar-refractivity contribution in [3.63, 3.8) is 0 Å². The maximum atomic E-state index is 12.1. The molecule has 0 bridgehead atoms. The lowest BCUT2D eigenvalue weighted by molar-refractivity contribution is -0.118. The number of ether oxygens (including phenoxy) is 1. The van der Waals surface area contributed by atoms with Crippen molar-refractivity contribution in [2.45, 2.75) is 32.7 Å². The summed E-state index contributed by atoms with van der Waals surface area (Å²) in [4.78, 5) is 12.1. The highest BCUT2D eigenvalue weighted by molar-refractivity contribution is 5.93. The van der Waals surface area contributed by atoms with Crippen molar-refractivity contribution < 1.29 is 14.1 Å². The molecule has 0 aliphatic carbocycles. The number of rotatable bonds is 6. The standard InChI is InChI=1S/C13H21N3O3/c1-3-11(14-7-10-4-5-18-8-10)13(17)15-12-6-9(2)19-16-12/h6,10-11,14H,3-5,7-8H2,1-2H3,(H,15,16,17). The van der Waals surface area contributed by atoms with E-state index in [2.05, 4.69) is 15.8 Å². The van der Waals surface area contributed by atoms with Crippen LogP contribution in [-0.2, 0) is 9.53 Å². The minimum atomic E-state index is -0.211. The number of aromatic nitrogens is 1. The lowest BCUT2D eigenvalue weighted by Gasteiger charge is -2.17. The summed E-state index contributed by atoms with van der Waals surface area (Å²) in [6.07, 6.45) is 1.80. The number of carbonyl (C=O) groups is 1. The molecule has 1 aromatic heterocycles. The van der Waals surface area contributed by atoms with Crippen LogP contribution in [0.25, 0.3) is 0 Å². The molecule has 1 aromatic rings. The molecule has 2 heterocycles. The van der Waals surface area contributed by atoms with E-state index in [4.69, 9.17) is 9.26 Å². The van der Waals surface area contributed by atoms with Crippen LogP contribution in [0.4, 0.5) is 5.82 Å². The summed E-state index contributed by atoms with van der Waals surface area (Å²) in [6.45, 7) is 6.19. The first kappa shape index (κ1) is 14.0. The van der Waals surface area contributed by atoms with Crippen molar-refractivity contribution in [3.05, 3.63) is 11.8 Å². The summed E-state index contributed by atoms with van der Waals surface area (Å²) in [5, 5.41) is 9.79. The molecule has 0 saturated carbocycles. The Bertz CT molecular complexity index is 413. The molecule has 0 aromatic carbocycles. The molecule has 1 amide bonds. The number of hydrogen-bond donors (Lipinski definition) is 2. The maximum Gasteiger partial charge on any atom is 0.242 e. The Morgan fingerprint density at radius 1 is 1.63 bits per heavy atom. The molecule has 6 heteroatoms. The van der Waals surface area contributed by atoms with Crippen molar-refractivity contribution in [1.29, 1.82) is 0 Å². The van der Waals surface area contributed by atoms with Gasteiger partial charge in [-0.2, -0.15) is 0 Å². The first-order valence-electron chi connectivity index (χ1n) is 6.74. The number of hydrogen-bond acceptors (Lipinski definition) is 5. The van der Waals surface area contributed by atoms with Crippen LogP contribution in [0.2, 0.25) is 0 Å². The van der Waals surface area contributed by atoms with Crippen molar-refractivity contribution in [2.75, 3.05) is 25.1 Å². The lowest BCUT2D eigenvalue weighted by Crippen LogP contribution is -2.42. The second-order valence-corrected chi connectivity index (χ2v) is 4.91. The molecule has 2 N–H and O–H groups in total. The fraction of sp³-hybridized carbons (Fsp3) is 0.692. The van der Waals surface area contributed by atoms with E-state index >= 15 is 0 Å². The van der Waals surface area contributed by atoms with Gasteiger partial charge in [-0.15, -0.1) is 0 Å². The fourth-order valence-electron chi connectivity index (χ4n) is 2.11. The Balaban J connectivity index is 1.80. The number of nitrogens with zero attached hydrogens (tertiary/aromatic N) is 1. The Morgan fingerprint density at radius 3 is 3.05 bits per heavy atom. The van der Waals surface area contributed by atoms with Crippen molar-refractivity contribution in [1.82, 2.24) is 10.5 Å². The van der Waals surface area contributed by atoms with E-state index in [1.54, 1.807) is 13.0 Å². The third kappa shape index (κ3) is 4.04. The van der Waals surface area contributed by atoms with Gasteiger partial charge in [-0.1, -0.05) is 12.1 Å². The first-order chi connectivity index (χ1) is 9.19. The Morgan fingerprint density at radius 2 is 2.47 bits per heavy atom. The molecule has 1 saturated heterocycles. The summed E-state index contributed by atoms with van der Waals surface area (Å²) in [6, 6.07) is 1.49. The van der Waals surface area contributed by atoms with E-state index in [9.17, 15) is 4.79 Å². The zero-order chi connectivity index (χ0) is 13.7. The second kappa shape index (κ2) is 6.68. The van der Waals surface area contributed by atoms with E-state index < -0.39 is 0 Å². The molecule has 19 heavy (non-hydrogen) atoms. The summed E-state index contributed by atoms with van der Waals surface area (Å²) < 4.78 is 10.2. The van der Waals surface area contributed by atoms with Crippen LogP contribution in [0.3, 0.4) is 0 Å². The monoisotopic (exact) mass is 267 g/mol. The second-order valence-electron chi connectivity index (χ2n) is 4.91. The van der Waals surface area contributed by atoms with Crippen LogP contribution in [0, 0.1) is 12.8 Å². The van der Waals surface area contributed by atoms with E-state index in [-0.39, 0.29) is 11.9 Å². The van der Waals surface area contributed by atoms with Crippen LogP contribution in [0.5, 0.6) is 0 Å². The summed E-state index contributed by atoms with van der Waals surface area (Å²) in [7, 11) is 0. The van der Waals surface area contributed by atoms with Crippen LogP contribution < -0.4 is 10.6 Å². The van der Waals surface area contributed by atoms with Gasteiger partial charge >= 0.3 is 0 Å². The van der Waals surface area contributed by atoms with Gasteiger partial charge in [0.25, 0.3) is 0 Å². The predicted molar refractivity (Wildman–Crippen MR) is 70.9 cm³/mol. The lowest BCUT2D eigenvalue weighted by atomic mass is 10.1. The smallest absolute Gasteiger partial charge is 0.242 e. The molecule has 2 atom stereocenters. The van der Waals surface area contributed by atoms with E-state index in [0.29, 0.717) is 17.5 Å². The first-order valence-corrected chi connectivity index (χ1v) is 6.74. The molecule has 1 fully saturated rings. The zero-order valence-corrected chi connectivity index (χ0v) is 11.4. The molecule has 106 valence electrons. The summed E-state index contributed by atoms with van der Waals surface area (Å²) >= 11 is 0. The minimum Gasteiger partial charge on any atom is -0.381 e. The third-order valence-corrected chi connectivity index (χ3v) is 3.28. The van der Waals surface area contributed by atoms with Crippen molar-refractivity contribution >= 4 is 11.7 Å². The molecule has 0 radical (unpaired) electrons. The van der Waals surface area contributed by atoms with Gasteiger partial charge in [-0.05, 0) is 25.7 Å². The van der Waals surface area contributed by atoms with Crippen LogP contribution in [-0.4, -0.2) is 36.9 Å². The average molecular weight is 267 g/mol. The maximum absolute atomic E-state index is 12.1. The SMILES string of the molecule is CCC(NCC1CCOC1)C(=O)Nc1cc(C)on1. The molecular formula is C13H21N3O3. The van der Waals surface area contributed by atoms with Gasteiger partial charge in [0.05, 0.1) is 12.6 Å². The summed E-state index contributed by atoms with van der Waals surface area (Å²) in [5.74, 6) is 1.58. The average Bonchev–Trinajstić information content (AvgIpc) is 3.02. The molecular weight excluding hydrogens is 246 g/mol. The van der Waals surface area contributed by atoms with Gasteiger partial charge in [-0.25, -0.2) is 0 Å².